The third kappa shape index (κ3) is 6.83. The van der Waals surface area contributed by atoms with E-state index in [0.29, 0.717) is 29.3 Å². The molecule has 0 saturated carbocycles. The molecule has 3 aromatic rings. The molecule has 17 heteroatoms. The van der Waals surface area contributed by atoms with Gasteiger partial charge in [0.2, 0.25) is 5.91 Å². The number of nitrogens with two attached hydrogens (primary N) is 1. The first kappa shape index (κ1) is 30.4. The molecule has 1 saturated heterocycles. The molecule has 1 fully saturated rings. The molecule has 0 radical (unpaired) electrons. The Balaban J connectivity index is 1.50. The molecule has 4 amide bonds. The van der Waals surface area contributed by atoms with Gasteiger partial charge >= 0.3 is 12.2 Å². The summed E-state index contributed by atoms with van der Waals surface area (Å²) in [6.07, 6.45) is -4.29. The first-order valence-corrected chi connectivity index (χ1v) is 12.9. The maximum atomic E-state index is 13.2. The summed E-state index contributed by atoms with van der Waals surface area (Å²) in [7, 11) is 0. The van der Waals surface area contributed by atoms with Gasteiger partial charge in [0.1, 0.15) is 18.2 Å². The van der Waals surface area contributed by atoms with Crippen molar-refractivity contribution in [2.75, 3.05) is 13.1 Å². The van der Waals surface area contributed by atoms with Gasteiger partial charge in [-0.25, -0.2) is 19.4 Å². The molecule has 0 aliphatic carbocycles. The number of rotatable bonds is 8. The average molecular weight is 608 g/mol. The summed E-state index contributed by atoms with van der Waals surface area (Å²) < 4.78 is 40.5. The second-order valence-electron chi connectivity index (χ2n) is 9.22. The maximum Gasteiger partial charge on any atom is 0.416 e. The Bertz CT molecular complexity index is 1480. The van der Waals surface area contributed by atoms with Crippen molar-refractivity contribution in [2.45, 2.75) is 37.7 Å². The van der Waals surface area contributed by atoms with Gasteiger partial charge in [0.15, 0.2) is 17.6 Å². The normalized spacial score (nSPS) is 15.7. The van der Waals surface area contributed by atoms with Gasteiger partial charge in [0.05, 0.1) is 18.8 Å². The monoisotopic (exact) mass is 607 g/mol. The Hall–Kier alpha value is -4.57. The van der Waals surface area contributed by atoms with Crippen LogP contribution in [0.2, 0.25) is 5.02 Å². The lowest BCUT2D eigenvalue weighted by Crippen LogP contribution is -2.50. The highest BCUT2D eigenvalue weighted by Gasteiger charge is 2.41. The Morgan fingerprint density at radius 2 is 1.93 bits per heavy atom. The molecule has 222 valence electrons. The number of benzene rings is 1. The number of likely N-dealkylation sites (tertiary alicyclic amines) is 1. The van der Waals surface area contributed by atoms with E-state index in [4.69, 9.17) is 22.7 Å². The van der Waals surface area contributed by atoms with Crippen LogP contribution >= 0.6 is 11.6 Å². The molecule has 1 aliphatic rings. The lowest BCUT2D eigenvalue weighted by Gasteiger charge is -2.27. The zero-order valence-corrected chi connectivity index (χ0v) is 22.5. The predicted molar refractivity (Wildman–Crippen MR) is 142 cm³/mol. The van der Waals surface area contributed by atoms with E-state index >= 15 is 0 Å². The van der Waals surface area contributed by atoms with Crippen molar-refractivity contribution in [3.63, 3.8) is 0 Å². The van der Waals surface area contributed by atoms with Gasteiger partial charge in [-0.2, -0.15) is 13.2 Å². The van der Waals surface area contributed by atoms with Crippen molar-refractivity contribution in [3.8, 4) is 5.69 Å². The fourth-order valence-electron chi connectivity index (χ4n) is 4.25. The van der Waals surface area contributed by atoms with Gasteiger partial charge in [-0.3, -0.25) is 19.9 Å². The van der Waals surface area contributed by atoms with Crippen LogP contribution in [-0.4, -0.2) is 89.7 Å². The number of nitrogens with one attached hydrogen (secondary N) is 2. The van der Waals surface area contributed by atoms with E-state index in [-0.39, 0.29) is 29.3 Å². The van der Waals surface area contributed by atoms with Gasteiger partial charge in [-0.05, 0) is 49.2 Å². The molecule has 2 aromatic heterocycles. The van der Waals surface area contributed by atoms with Crippen LogP contribution in [0.4, 0.5) is 18.0 Å². The minimum Gasteiger partial charge on any atom is -0.382 e. The number of aliphatic hydroxyl groups is 1. The molecule has 2 atom stereocenters. The van der Waals surface area contributed by atoms with E-state index in [1.54, 1.807) is 12.1 Å². The standard InChI is InChI=1S/C25H25ClF3N9O4/c26-15-7-5-14(6-8-15)21(30)37(12-18(39)25(27,28)29)24(42)33-11-19-34-13-38(35-19)16-3-1-9-32-20(16)23(41)36-10-2-4-17(36)22(31)40/h1,3,5-9,13,17-18,30,39H,2,4,10-12H2,(H2,31,40)(H,33,42)/t17?,18-/m1/s1. The Morgan fingerprint density at radius 3 is 2.60 bits per heavy atom. The summed E-state index contributed by atoms with van der Waals surface area (Å²) in [5, 5.41) is 24.8. The largest absolute Gasteiger partial charge is 0.416 e. The van der Waals surface area contributed by atoms with Crippen molar-refractivity contribution < 1.29 is 32.7 Å². The highest BCUT2D eigenvalue weighted by atomic mass is 35.5. The summed E-state index contributed by atoms with van der Waals surface area (Å²) in [4.78, 5) is 47.9. The van der Waals surface area contributed by atoms with Crippen LogP contribution in [0.3, 0.4) is 0 Å². The molecule has 1 aliphatic heterocycles. The Morgan fingerprint density at radius 1 is 1.21 bits per heavy atom. The number of nitrogens with zero attached hydrogens (tertiary/aromatic N) is 6. The average Bonchev–Trinajstić information content (AvgIpc) is 3.64. The zero-order valence-electron chi connectivity index (χ0n) is 21.8. The molecule has 1 unspecified atom stereocenters. The van der Waals surface area contributed by atoms with E-state index in [1.807, 2.05) is 0 Å². The molecule has 13 nitrogen and oxygen atoms in total. The predicted octanol–water partition coefficient (Wildman–Crippen LogP) is 1.87. The number of carbonyl (C=O) groups is 3. The molecule has 3 heterocycles. The van der Waals surface area contributed by atoms with Gasteiger partial charge < -0.3 is 21.1 Å². The van der Waals surface area contributed by atoms with Crippen LogP contribution < -0.4 is 11.1 Å². The number of primary amides is 1. The molecule has 4 rings (SSSR count). The summed E-state index contributed by atoms with van der Waals surface area (Å²) in [6, 6.07) is 6.68. The third-order valence-electron chi connectivity index (χ3n) is 6.38. The number of halogens is 4. The lowest BCUT2D eigenvalue weighted by atomic mass is 10.2. The molecular weight excluding hydrogens is 583 g/mol. The molecule has 1 aromatic carbocycles. The van der Waals surface area contributed by atoms with Crippen molar-refractivity contribution in [1.82, 2.24) is 34.9 Å². The quantitative estimate of drug-likeness (QED) is 0.222. The van der Waals surface area contributed by atoms with Crippen LogP contribution in [0, 0.1) is 5.41 Å². The molecule has 0 bridgehead atoms. The number of amidine groups is 1. The van der Waals surface area contributed by atoms with Crippen molar-refractivity contribution in [3.05, 3.63) is 71.0 Å². The topological polar surface area (TPSA) is 183 Å². The summed E-state index contributed by atoms with van der Waals surface area (Å²) in [5.74, 6) is -1.76. The number of aromatic nitrogens is 4. The first-order chi connectivity index (χ1) is 19.9. The van der Waals surface area contributed by atoms with Gasteiger partial charge in [0.25, 0.3) is 5.91 Å². The minimum absolute atomic E-state index is 0.0103. The Labute approximate surface area is 241 Å². The number of alkyl halides is 3. The molecule has 42 heavy (non-hydrogen) atoms. The van der Waals surface area contributed by atoms with Crippen LogP contribution in [0.1, 0.15) is 34.7 Å². The van der Waals surface area contributed by atoms with Gasteiger partial charge in [-0.1, -0.05) is 11.6 Å². The second-order valence-corrected chi connectivity index (χ2v) is 9.65. The summed E-state index contributed by atoms with van der Waals surface area (Å²) in [5.41, 5.74) is 5.72. The highest BCUT2D eigenvalue weighted by molar-refractivity contribution is 6.30. The number of aliphatic hydroxyl groups excluding tert-OH is 1. The van der Waals surface area contributed by atoms with Gasteiger partial charge in [0, 0.05) is 23.3 Å². The fraction of sp³-hybridized carbons (Fsp3) is 0.320. The Kier molecular flexibility index (Phi) is 9.06. The SMILES string of the molecule is N=C(c1ccc(Cl)cc1)N(C[C@@H](O)C(F)(F)F)C(=O)NCc1ncn(-c2cccnc2C(=O)N2CCCC2C(N)=O)n1. The smallest absolute Gasteiger partial charge is 0.382 e. The van der Waals surface area contributed by atoms with Gasteiger partial charge in [-0.15, -0.1) is 5.10 Å². The fourth-order valence-corrected chi connectivity index (χ4v) is 4.37. The van der Waals surface area contributed by atoms with Crippen LogP contribution in [0.15, 0.2) is 48.9 Å². The number of pyridine rings is 1. The van der Waals surface area contributed by atoms with E-state index in [2.05, 4.69) is 20.4 Å². The number of carbonyl (C=O) groups excluding carboxylic acids is 3. The molecular formula is C25H25ClF3N9O4. The highest BCUT2D eigenvalue weighted by Crippen LogP contribution is 2.23. The number of urea groups is 1. The number of amides is 4. The van der Waals surface area contributed by atoms with Crippen molar-refractivity contribution in [1.29, 1.82) is 5.41 Å². The molecule has 0 spiro atoms. The van der Waals surface area contributed by atoms with Crippen LogP contribution in [-0.2, 0) is 11.3 Å². The van der Waals surface area contributed by atoms with Crippen LogP contribution in [0.5, 0.6) is 0 Å². The van der Waals surface area contributed by atoms with Crippen LogP contribution in [0.25, 0.3) is 5.69 Å². The van der Waals surface area contributed by atoms with Crippen molar-refractivity contribution in [2.24, 2.45) is 5.73 Å². The van der Waals surface area contributed by atoms with E-state index in [1.165, 1.54) is 46.4 Å². The molecule has 5 N–H and O–H groups in total. The number of hydrogen-bond acceptors (Lipinski definition) is 8. The second kappa shape index (κ2) is 12.5. The number of hydrogen-bond donors (Lipinski definition) is 4. The maximum absolute atomic E-state index is 13.2. The third-order valence-corrected chi connectivity index (χ3v) is 6.63. The zero-order chi connectivity index (χ0) is 30.6. The summed E-state index contributed by atoms with van der Waals surface area (Å²) >= 11 is 5.83. The minimum atomic E-state index is -5.04. The van der Waals surface area contributed by atoms with E-state index in [0.717, 1.165) is 0 Å². The first-order valence-electron chi connectivity index (χ1n) is 12.5. The lowest BCUT2D eigenvalue weighted by molar-refractivity contribution is -0.204. The van der Waals surface area contributed by atoms with Crippen molar-refractivity contribution >= 4 is 35.3 Å². The van der Waals surface area contributed by atoms with E-state index < -0.39 is 48.5 Å². The van der Waals surface area contributed by atoms with E-state index in [9.17, 15) is 32.7 Å². The summed E-state index contributed by atoms with van der Waals surface area (Å²) in [6.45, 7) is -1.30.